The monoisotopic (exact) mass is 300 g/mol. The molecule has 0 atom stereocenters. The first-order valence-corrected chi connectivity index (χ1v) is 8.84. The van der Waals surface area contributed by atoms with Gasteiger partial charge in [-0.15, -0.1) is 0 Å². The average Bonchev–Trinajstić information content (AvgIpc) is 2.55. The Balaban J connectivity index is 0.00000116. The molecule has 2 heteroatoms. The number of hydrogen-bond donors (Lipinski definition) is 0. The van der Waals surface area contributed by atoms with Crippen LogP contribution in [0.5, 0.6) is 0 Å². The van der Waals surface area contributed by atoms with Crippen LogP contribution in [-0.4, -0.2) is 18.1 Å². The summed E-state index contributed by atoms with van der Waals surface area (Å²) in [6.45, 7) is 15.0. The Morgan fingerprint density at radius 1 is 0.955 bits per heavy atom. The number of rotatable bonds is 6. The minimum Gasteiger partial charge on any atom is -0.372 e. The van der Waals surface area contributed by atoms with Gasteiger partial charge in [0.2, 0.25) is 0 Å². The van der Waals surface area contributed by atoms with Gasteiger partial charge in [0.1, 0.15) is 0 Å². The molecule has 0 saturated heterocycles. The summed E-state index contributed by atoms with van der Waals surface area (Å²) in [4.78, 5) is 7.14. The van der Waals surface area contributed by atoms with Gasteiger partial charge in [0, 0.05) is 29.9 Å². The number of nitrogens with zero attached hydrogens (tertiary/aromatic N) is 2. The second kappa shape index (κ2) is 9.45. The van der Waals surface area contributed by atoms with Crippen molar-refractivity contribution in [2.75, 3.05) is 18.0 Å². The van der Waals surface area contributed by atoms with Gasteiger partial charge in [-0.3, -0.25) is 4.98 Å². The Labute approximate surface area is 136 Å². The van der Waals surface area contributed by atoms with Crippen LogP contribution in [0.25, 0.3) is 10.9 Å². The van der Waals surface area contributed by atoms with Gasteiger partial charge in [-0.1, -0.05) is 34.6 Å². The third kappa shape index (κ3) is 4.46. The molecule has 0 aliphatic carbocycles. The largest absolute Gasteiger partial charge is 0.372 e. The fourth-order valence-corrected chi connectivity index (χ4v) is 2.83. The molecule has 1 aromatic carbocycles. The van der Waals surface area contributed by atoms with Crippen LogP contribution in [-0.2, 0) is 6.42 Å². The van der Waals surface area contributed by atoms with E-state index in [1.807, 2.05) is 13.8 Å². The van der Waals surface area contributed by atoms with Gasteiger partial charge in [-0.2, -0.15) is 0 Å². The predicted octanol–water partition coefficient (Wildman–Crippen LogP) is 5.76. The van der Waals surface area contributed by atoms with E-state index >= 15 is 0 Å². The van der Waals surface area contributed by atoms with Gasteiger partial charge >= 0.3 is 0 Å². The quantitative estimate of drug-likeness (QED) is 0.674. The summed E-state index contributed by atoms with van der Waals surface area (Å²) in [5.74, 6) is 0. The maximum Gasteiger partial charge on any atom is 0.0709 e. The van der Waals surface area contributed by atoms with E-state index in [0.29, 0.717) is 0 Å². The van der Waals surface area contributed by atoms with Crippen molar-refractivity contribution < 1.29 is 0 Å². The van der Waals surface area contributed by atoms with Gasteiger partial charge in [0.15, 0.2) is 0 Å². The van der Waals surface area contributed by atoms with E-state index in [1.165, 1.54) is 29.5 Å². The Kier molecular flexibility index (Phi) is 7.94. The minimum absolute atomic E-state index is 1.06. The van der Waals surface area contributed by atoms with Crippen molar-refractivity contribution in [1.82, 2.24) is 4.98 Å². The summed E-state index contributed by atoms with van der Waals surface area (Å²) in [7, 11) is 0. The predicted molar refractivity (Wildman–Crippen MR) is 100 cm³/mol. The fourth-order valence-electron chi connectivity index (χ4n) is 2.83. The van der Waals surface area contributed by atoms with Crippen molar-refractivity contribution >= 4 is 16.6 Å². The van der Waals surface area contributed by atoms with Crippen LogP contribution < -0.4 is 4.90 Å². The second-order valence-corrected chi connectivity index (χ2v) is 5.46. The first-order valence-electron chi connectivity index (χ1n) is 8.84. The number of fused-ring (bicyclic) bond motifs is 1. The highest BCUT2D eigenvalue weighted by atomic mass is 15.1. The molecule has 1 aromatic heterocycles. The highest BCUT2D eigenvalue weighted by Gasteiger charge is 2.08. The first-order chi connectivity index (χ1) is 10.7. The highest BCUT2D eigenvalue weighted by molar-refractivity contribution is 5.86. The van der Waals surface area contributed by atoms with Crippen LogP contribution in [0.3, 0.4) is 0 Å². The van der Waals surface area contributed by atoms with Crippen molar-refractivity contribution in [3.63, 3.8) is 0 Å². The van der Waals surface area contributed by atoms with Gasteiger partial charge in [-0.25, -0.2) is 0 Å². The number of aromatic nitrogens is 1. The summed E-state index contributed by atoms with van der Waals surface area (Å²) in [6.07, 6.45) is 3.43. The standard InChI is InChI=1S/C18H26N2.C2H6/c1-5-10-20(11-6-2)16-8-9-18-17(13-16)15(7-3)12-14(4)19-18;1-2/h8-9,12-13H,5-7,10-11H2,1-4H3;1-2H3. The normalized spacial score (nSPS) is 10.3. The number of aryl methyl sites for hydroxylation is 2. The third-order valence-electron chi connectivity index (χ3n) is 3.74. The van der Waals surface area contributed by atoms with Crippen molar-refractivity contribution in [1.29, 1.82) is 0 Å². The van der Waals surface area contributed by atoms with Crippen molar-refractivity contribution in [3.8, 4) is 0 Å². The lowest BCUT2D eigenvalue weighted by Crippen LogP contribution is -2.24. The van der Waals surface area contributed by atoms with Crippen molar-refractivity contribution in [3.05, 3.63) is 35.5 Å². The number of anilines is 1. The van der Waals surface area contributed by atoms with Crippen LogP contribution in [0.2, 0.25) is 0 Å². The molecule has 0 unspecified atom stereocenters. The molecule has 2 aromatic rings. The first kappa shape index (κ1) is 18.5. The molecule has 0 aliphatic heterocycles. The van der Waals surface area contributed by atoms with Crippen molar-refractivity contribution in [2.24, 2.45) is 0 Å². The fraction of sp³-hybridized carbons (Fsp3) is 0.550. The topological polar surface area (TPSA) is 16.1 Å². The molecule has 0 saturated carbocycles. The van der Waals surface area contributed by atoms with E-state index < -0.39 is 0 Å². The van der Waals surface area contributed by atoms with Gasteiger partial charge in [0.25, 0.3) is 0 Å². The molecule has 1 heterocycles. The number of hydrogen-bond acceptors (Lipinski definition) is 2. The van der Waals surface area contributed by atoms with E-state index in [-0.39, 0.29) is 0 Å². The summed E-state index contributed by atoms with van der Waals surface area (Å²) in [5, 5.41) is 1.31. The Morgan fingerprint density at radius 2 is 1.59 bits per heavy atom. The zero-order chi connectivity index (χ0) is 16.5. The summed E-state index contributed by atoms with van der Waals surface area (Å²) >= 11 is 0. The summed E-state index contributed by atoms with van der Waals surface area (Å²) < 4.78 is 0. The summed E-state index contributed by atoms with van der Waals surface area (Å²) in [6, 6.07) is 8.94. The molecular weight excluding hydrogens is 268 g/mol. The van der Waals surface area contributed by atoms with Crippen LogP contribution >= 0.6 is 0 Å². The molecular formula is C20H32N2. The molecule has 0 N–H and O–H groups in total. The van der Waals surface area contributed by atoms with E-state index in [1.54, 1.807) is 0 Å². The Bertz CT molecular complexity index is 569. The molecule has 2 nitrogen and oxygen atoms in total. The van der Waals surface area contributed by atoms with Gasteiger partial charge < -0.3 is 4.90 Å². The Hall–Kier alpha value is -1.57. The maximum absolute atomic E-state index is 4.66. The van der Waals surface area contributed by atoms with E-state index in [0.717, 1.165) is 30.7 Å². The molecule has 0 bridgehead atoms. The zero-order valence-corrected chi connectivity index (χ0v) is 15.2. The molecule has 22 heavy (non-hydrogen) atoms. The van der Waals surface area contributed by atoms with E-state index in [4.69, 9.17) is 0 Å². The van der Waals surface area contributed by atoms with E-state index in [2.05, 4.69) is 61.8 Å². The molecule has 0 fully saturated rings. The lowest BCUT2D eigenvalue weighted by atomic mass is 10.0. The smallest absolute Gasteiger partial charge is 0.0709 e. The summed E-state index contributed by atoms with van der Waals surface area (Å²) in [5.41, 5.74) is 4.98. The van der Waals surface area contributed by atoms with Crippen molar-refractivity contribution in [2.45, 2.75) is 60.8 Å². The minimum atomic E-state index is 1.06. The van der Waals surface area contributed by atoms with Crippen LogP contribution in [0.4, 0.5) is 5.69 Å². The lowest BCUT2D eigenvalue weighted by Gasteiger charge is -2.24. The average molecular weight is 300 g/mol. The molecule has 0 aliphatic rings. The van der Waals surface area contributed by atoms with Crippen LogP contribution in [0.15, 0.2) is 24.3 Å². The van der Waals surface area contributed by atoms with Gasteiger partial charge in [0.05, 0.1) is 5.52 Å². The molecule has 0 amide bonds. The molecule has 0 radical (unpaired) electrons. The molecule has 2 rings (SSSR count). The third-order valence-corrected chi connectivity index (χ3v) is 3.74. The zero-order valence-electron chi connectivity index (χ0n) is 15.2. The van der Waals surface area contributed by atoms with Crippen LogP contribution in [0.1, 0.15) is 58.7 Å². The number of benzene rings is 1. The van der Waals surface area contributed by atoms with Gasteiger partial charge in [-0.05, 0) is 56.0 Å². The second-order valence-electron chi connectivity index (χ2n) is 5.46. The molecule has 0 spiro atoms. The SMILES string of the molecule is CC.CCCN(CCC)c1ccc2nc(C)cc(CC)c2c1. The maximum atomic E-state index is 4.66. The molecule has 122 valence electrons. The highest BCUT2D eigenvalue weighted by Crippen LogP contribution is 2.25. The number of pyridine rings is 1. The lowest BCUT2D eigenvalue weighted by molar-refractivity contribution is 0.745. The Morgan fingerprint density at radius 3 is 2.14 bits per heavy atom. The van der Waals surface area contributed by atoms with Crippen LogP contribution in [0, 0.1) is 6.92 Å². The van der Waals surface area contributed by atoms with E-state index in [9.17, 15) is 0 Å².